The second-order valence-electron chi connectivity index (χ2n) is 6.97. The third-order valence-corrected chi connectivity index (χ3v) is 5.02. The standard InChI is InChI=1S/C22H20FN5O2/c1-4-28-13(3)25-19-10-15(6-8-20(19)28)21(29)26-27-22(30)17-9-14-5-7-16(23)11-18(14)24-12(17)2/h5-11H,4H2,1-3H3,(H,26,29)(H,27,30). The van der Waals surface area contributed by atoms with Gasteiger partial charge in [0.05, 0.1) is 27.8 Å². The summed E-state index contributed by atoms with van der Waals surface area (Å²) in [4.78, 5) is 33.8. The first-order valence-electron chi connectivity index (χ1n) is 9.52. The van der Waals surface area contributed by atoms with Gasteiger partial charge in [-0.05, 0) is 57.2 Å². The number of carbonyl (C=O) groups is 2. The Balaban J connectivity index is 1.51. The predicted molar refractivity (Wildman–Crippen MR) is 112 cm³/mol. The van der Waals surface area contributed by atoms with Gasteiger partial charge < -0.3 is 4.57 Å². The van der Waals surface area contributed by atoms with Crippen molar-refractivity contribution in [1.82, 2.24) is 25.4 Å². The Morgan fingerprint density at radius 3 is 2.50 bits per heavy atom. The number of hydrazine groups is 1. The van der Waals surface area contributed by atoms with Gasteiger partial charge in [0, 0.05) is 23.6 Å². The van der Waals surface area contributed by atoms with Gasteiger partial charge >= 0.3 is 0 Å². The van der Waals surface area contributed by atoms with Crippen LogP contribution in [0.15, 0.2) is 42.5 Å². The normalized spacial score (nSPS) is 11.1. The van der Waals surface area contributed by atoms with Gasteiger partial charge in [0.25, 0.3) is 11.8 Å². The van der Waals surface area contributed by atoms with Gasteiger partial charge in [0.15, 0.2) is 0 Å². The minimum Gasteiger partial charge on any atom is -0.329 e. The molecule has 152 valence electrons. The number of imidazole rings is 1. The van der Waals surface area contributed by atoms with Crippen molar-refractivity contribution in [2.45, 2.75) is 27.3 Å². The number of pyridine rings is 1. The van der Waals surface area contributed by atoms with Crippen LogP contribution in [0, 0.1) is 19.7 Å². The summed E-state index contributed by atoms with van der Waals surface area (Å²) in [5.41, 5.74) is 8.07. The van der Waals surface area contributed by atoms with Gasteiger partial charge in [0.1, 0.15) is 11.6 Å². The first-order valence-corrected chi connectivity index (χ1v) is 9.52. The maximum atomic E-state index is 13.4. The van der Waals surface area contributed by atoms with Crippen LogP contribution in [0.1, 0.15) is 39.2 Å². The van der Waals surface area contributed by atoms with E-state index in [0.717, 1.165) is 23.4 Å². The predicted octanol–water partition coefficient (Wildman–Crippen LogP) is 3.44. The molecule has 0 bridgehead atoms. The average molecular weight is 405 g/mol. The Kier molecular flexibility index (Phi) is 4.91. The van der Waals surface area contributed by atoms with Crippen LogP contribution in [0.2, 0.25) is 0 Å². The number of aryl methyl sites for hydroxylation is 3. The summed E-state index contributed by atoms with van der Waals surface area (Å²) in [6, 6.07) is 11.0. The molecule has 2 N–H and O–H groups in total. The molecular weight excluding hydrogens is 385 g/mol. The van der Waals surface area contributed by atoms with Crippen molar-refractivity contribution in [2.75, 3.05) is 0 Å². The highest BCUT2D eigenvalue weighted by atomic mass is 19.1. The molecule has 0 spiro atoms. The molecule has 2 heterocycles. The van der Waals surface area contributed by atoms with Crippen LogP contribution in [0.25, 0.3) is 21.9 Å². The summed E-state index contributed by atoms with van der Waals surface area (Å²) in [5.74, 6) is -0.485. The molecular formula is C22H20FN5O2. The number of amides is 2. The fourth-order valence-corrected chi connectivity index (χ4v) is 3.51. The minimum absolute atomic E-state index is 0.294. The average Bonchev–Trinajstić information content (AvgIpc) is 3.05. The Morgan fingerprint density at radius 1 is 0.967 bits per heavy atom. The molecule has 2 amide bonds. The molecule has 8 heteroatoms. The molecule has 30 heavy (non-hydrogen) atoms. The highest BCUT2D eigenvalue weighted by molar-refractivity contribution is 6.02. The van der Waals surface area contributed by atoms with Crippen molar-refractivity contribution in [2.24, 2.45) is 0 Å². The Morgan fingerprint density at radius 2 is 1.73 bits per heavy atom. The molecule has 0 aliphatic heterocycles. The molecule has 2 aromatic heterocycles. The number of halogens is 1. The van der Waals surface area contributed by atoms with E-state index < -0.39 is 17.6 Å². The quantitative estimate of drug-likeness (QED) is 0.511. The van der Waals surface area contributed by atoms with Crippen LogP contribution in [-0.4, -0.2) is 26.3 Å². The zero-order valence-electron chi connectivity index (χ0n) is 16.8. The van der Waals surface area contributed by atoms with E-state index >= 15 is 0 Å². The van der Waals surface area contributed by atoms with E-state index in [1.54, 1.807) is 31.2 Å². The van der Waals surface area contributed by atoms with Gasteiger partial charge in [-0.15, -0.1) is 0 Å². The number of carbonyl (C=O) groups excluding carboxylic acids is 2. The van der Waals surface area contributed by atoms with E-state index in [1.165, 1.54) is 12.1 Å². The van der Waals surface area contributed by atoms with Crippen molar-refractivity contribution < 1.29 is 14.0 Å². The van der Waals surface area contributed by atoms with E-state index in [0.29, 0.717) is 27.7 Å². The Labute approximate surface area is 171 Å². The van der Waals surface area contributed by atoms with E-state index in [-0.39, 0.29) is 0 Å². The highest BCUT2D eigenvalue weighted by Crippen LogP contribution is 2.19. The summed E-state index contributed by atoms with van der Waals surface area (Å²) < 4.78 is 15.4. The van der Waals surface area contributed by atoms with Crippen LogP contribution in [0.3, 0.4) is 0 Å². The number of aromatic nitrogens is 3. The molecule has 7 nitrogen and oxygen atoms in total. The molecule has 4 rings (SSSR count). The molecule has 4 aromatic rings. The van der Waals surface area contributed by atoms with Gasteiger partial charge in [-0.3, -0.25) is 25.4 Å². The van der Waals surface area contributed by atoms with Crippen molar-refractivity contribution >= 4 is 33.8 Å². The molecule has 0 aliphatic carbocycles. The second kappa shape index (κ2) is 7.55. The lowest BCUT2D eigenvalue weighted by Gasteiger charge is -2.10. The van der Waals surface area contributed by atoms with Crippen molar-refractivity contribution in [1.29, 1.82) is 0 Å². The number of hydrogen-bond acceptors (Lipinski definition) is 4. The molecule has 0 saturated heterocycles. The largest absolute Gasteiger partial charge is 0.329 e. The minimum atomic E-state index is -0.508. The van der Waals surface area contributed by atoms with Crippen molar-refractivity contribution in [3.8, 4) is 0 Å². The monoisotopic (exact) mass is 405 g/mol. The smallest absolute Gasteiger partial charge is 0.271 e. The summed E-state index contributed by atoms with van der Waals surface area (Å²) in [7, 11) is 0. The van der Waals surface area contributed by atoms with Crippen LogP contribution in [0.4, 0.5) is 4.39 Å². The van der Waals surface area contributed by atoms with E-state index in [2.05, 4.69) is 25.4 Å². The summed E-state index contributed by atoms with van der Waals surface area (Å²) in [5, 5.41) is 0.630. The zero-order valence-corrected chi connectivity index (χ0v) is 16.8. The summed E-state index contributed by atoms with van der Waals surface area (Å²) in [6.07, 6.45) is 0. The van der Waals surface area contributed by atoms with Gasteiger partial charge in [-0.25, -0.2) is 9.37 Å². The van der Waals surface area contributed by atoms with Crippen LogP contribution in [0.5, 0.6) is 0 Å². The van der Waals surface area contributed by atoms with E-state index in [4.69, 9.17) is 0 Å². The molecule has 0 radical (unpaired) electrons. The molecule has 0 aliphatic rings. The van der Waals surface area contributed by atoms with Crippen molar-refractivity contribution in [3.63, 3.8) is 0 Å². The third kappa shape index (κ3) is 3.47. The number of nitrogens with one attached hydrogen (secondary N) is 2. The lowest BCUT2D eigenvalue weighted by molar-refractivity contribution is 0.0846. The molecule has 0 fully saturated rings. The SMILES string of the molecule is CCn1c(C)nc2cc(C(=O)NNC(=O)c3cc4ccc(F)cc4nc3C)ccc21. The zero-order chi connectivity index (χ0) is 21.4. The molecule has 0 unspecified atom stereocenters. The number of nitrogens with zero attached hydrogens (tertiary/aromatic N) is 3. The first-order chi connectivity index (χ1) is 14.4. The fraction of sp³-hybridized carbons (Fsp3) is 0.182. The van der Waals surface area contributed by atoms with Gasteiger partial charge in [-0.1, -0.05) is 0 Å². The van der Waals surface area contributed by atoms with Crippen LogP contribution in [-0.2, 0) is 6.54 Å². The molecule has 0 saturated carbocycles. The van der Waals surface area contributed by atoms with Crippen LogP contribution >= 0.6 is 0 Å². The summed E-state index contributed by atoms with van der Waals surface area (Å²) in [6.45, 7) is 6.39. The lowest BCUT2D eigenvalue weighted by Crippen LogP contribution is -2.42. The lowest BCUT2D eigenvalue weighted by atomic mass is 10.1. The number of hydrogen-bond donors (Lipinski definition) is 2. The van der Waals surface area contributed by atoms with Gasteiger partial charge in [0.2, 0.25) is 0 Å². The topological polar surface area (TPSA) is 88.9 Å². The molecule has 2 aromatic carbocycles. The number of fused-ring (bicyclic) bond motifs is 2. The maximum absolute atomic E-state index is 13.4. The van der Waals surface area contributed by atoms with E-state index in [9.17, 15) is 14.0 Å². The van der Waals surface area contributed by atoms with Gasteiger partial charge in [-0.2, -0.15) is 0 Å². The maximum Gasteiger partial charge on any atom is 0.271 e. The Bertz CT molecular complexity index is 1310. The fourth-order valence-electron chi connectivity index (χ4n) is 3.51. The second-order valence-corrected chi connectivity index (χ2v) is 6.97. The first kappa shape index (κ1) is 19.5. The van der Waals surface area contributed by atoms with Crippen LogP contribution < -0.4 is 10.9 Å². The Hall–Kier alpha value is -3.81. The van der Waals surface area contributed by atoms with Crippen molar-refractivity contribution in [3.05, 3.63) is 70.9 Å². The summed E-state index contributed by atoms with van der Waals surface area (Å²) >= 11 is 0. The molecule has 0 atom stereocenters. The van der Waals surface area contributed by atoms with E-state index in [1.807, 2.05) is 19.9 Å². The number of benzene rings is 2. The third-order valence-electron chi connectivity index (χ3n) is 5.02. The highest BCUT2D eigenvalue weighted by Gasteiger charge is 2.15. The number of rotatable bonds is 3.